The number of aryl methyl sites for hydroxylation is 1. The maximum atomic E-state index is 12.3. The maximum Gasteiger partial charge on any atom is 0.269 e. The van der Waals surface area contributed by atoms with Crippen LogP contribution in [0.3, 0.4) is 0 Å². The Balaban J connectivity index is 1.81. The van der Waals surface area contributed by atoms with Crippen LogP contribution in [-0.4, -0.2) is 25.3 Å². The Morgan fingerprint density at radius 1 is 1.13 bits per heavy atom. The standard InChI is InChI=1S/C21H19N3O4S2/c1-14-12-18(21(29-14)30(2,27)28)19-13-20(15-6-4-3-5-7-15)23(22-19)16-8-10-17(11-9-16)24(25)26/h3-12,20H,13H2,1-2H3/t20-/m0/s1. The van der Waals surface area contributed by atoms with E-state index in [1.807, 2.05) is 48.3 Å². The van der Waals surface area contributed by atoms with E-state index in [4.69, 9.17) is 5.10 Å². The zero-order valence-electron chi connectivity index (χ0n) is 16.3. The molecule has 30 heavy (non-hydrogen) atoms. The van der Waals surface area contributed by atoms with E-state index in [0.29, 0.717) is 27.6 Å². The van der Waals surface area contributed by atoms with Crippen LogP contribution >= 0.6 is 11.3 Å². The number of hydrogen-bond donors (Lipinski definition) is 0. The van der Waals surface area contributed by atoms with Crippen LogP contribution in [-0.2, 0) is 9.84 Å². The first kappa shape index (κ1) is 20.2. The average molecular weight is 442 g/mol. The topological polar surface area (TPSA) is 92.9 Å². The lowest BCUT2D eigenvalue weighted by Crippen LogP contribution is -2.18. The average Bonchev–Trinajstić information content (AvgIpc) is 3.32. The van der Waals surface area contributed by atoms with E-state index in [0.717, 1.165) is 10.4 Å². The van der Waals surface area contributed by atoms with Crippen molar-refractivity contribution < 1.29 is 13.3 Å². The minimum atomic E-state index is -3.39. The highest BCUT2D eigenvalue weighted by Crippen LogP contribution is 2.39. The van der Waals surface area contributed by atoms with Gasteiger partial charge in [-0.15, -0.1) is 11.3 Å². The van der Waals surface area contributed by atoms with Gasteiger partial charge in [0, 0.05) is 35.2 Å². The van der Waals surface area contributed by atoms with Crippen LogP contribution in [0.2, 0.25) is 0 Å². The van der Waals surface area contributed by atoms with Crippen LogP contribution in [0.25, 0.3) is 0 Å². The summed E-state index contributed by atoms with van der Waals surface area (Å²) in [5.74, 6) is 0. The number of nitro benzene ring substituents is 1. The molecule has 0 fully saturated rings. The van der Waals surface area contributed by atoms with Gasteiger partial charge in [-0.2, -0.15) is 5.10 Å². The minimum absolute atomic E-state index is 0.00577. The van der Waals surface area contributed by atoms with Gasteiger partial charge < -0.3 is 0 Å². The molecule has 1 atom stereocenters. The molecular formula is C21H19N3O4S2. The predicted molar refractivity (Wildman–Crippen MR) is 118 cm³/mol. The summed E-state index contributed by atoms with van der Waals surface area (Å²) in [6, 6.07) is 17.7. The second kappa shape index (κ2) is 7.66. The van der Waals surface area contributed by atoms with Gasteiger partial charge in [0.1, 0.15) is 4.21 Å². The molecule has 7 nitrogen and oxygen atoms in total. The predicted octanol–water partition coefficient (Wildman–Crippen LogP) is 4.72. The number of hydrazone groups is 1. The highest BCUT2D eigenvalue weighted by Gasteiger charge is 2.33. The van der Waals surface area contributed by atoms with E-state index in [-0.39, 0.29) is 11.7 Å². The summed E-state index contributed by atoms with van der Waals surface area (Å²) < 4.78 is 24.9. The Bertz CT molecular complexity index is 1230. The van der Waals surface area contributed by atoms with Gasteiger partial charge in [-0.05, 0) is 30.7 Å². The molecule has 0 saturated heterocycles. The third-order valence-electron chi connectivity index (χ3n) is 4.89. The molecule has 1 aromatic heterocycles. The molecule has 4 rings (SSSR count). The van der Waals surface area contributed by atoms with E-state index < -0.39 is 14.8 Å². The molecule has 2 aromatic carbocycles. The lowest BCUT2D eigenvalue weighted by atomic mass is 9.99. The van der Waals surface area contributed by atoms with Crippen molar-refractivity contribution in [2.24, 2.45) is 5.10 Å². The first-order chi connectivity index (χ1) is 14.2. The molecule has 0 N–H and O–H groups in total. The molecule has 3 aromatic rings. The second-order valence-corrected chi connectivity index (χ2v) is 10.6. The maximum absolute atomic E-state index is 12.3. The molecule has 0 spiro atoms. The van der Waals surface area contributed by atoms with Crippen LogP contribution in [0.1, 0.15) is 28.5 Å². The lowest BCUT2D eigenvalue weighted by Gasteiger charge is -2.23. The smallest absolute Gasteiger partial charge is 0.258 e. The van der Waals surface area contributed by atoms with Crippen molar-refractivity contribution in [2.75, 3.05) is 11.3 Å². The largest absolute Gasteiger partial charge is 0.269 e. The summed E-state index contributed by atoms with van der Waals surface area (Å²) in [6.07, 6.45) is 1.74. The van der Waals surface area contributed by atoms with Gasteiger partial charge >= 0.3 is 0 Å². The zero-order valence-corrected chi connectivity index (χ0v) is 18.0. The normalized spacial score (nSPS) is 16.5. The van der Waals surface area contributed by atoms with Crippen molar-refractivity contribution in [1.82, 2.24) is 0 Å². The molecule has 1 aliphatic heterocycles. The Morgan fingerprint density at radius 3 is 2.40 bits per heavy atom. The first-order valence-corrected chi connectivity index (χ1v) is 11.9. The fourth-order valence-corrected chi connectivity index (χ4v) is 5.87. The van der Waals surface area contributed by atoms with Crippen molar-refractivity contribution >= 4 is 38.3 Å². The number of non-ortho nitro benzene ring substituents is 1. The Morgan fingerprint density at radius 2 is 1.80 bits per heavy atom. The quantitative estimate of drug-likeness (QED) is 0.422. The highest BCUT2D eigenvalue weighted by molar-refractivity contribution is 7.92. The van der Waals surface area contributed by atoms with E-state index in [2.05, 4.69) is 0 Å². The van der Waals surface area contributed by atoms with Gasteiger partial charge in [-0.3, -0.25) is 15.1 Å². The SMILES string of the molecule is Cc1cc(C2=NN(c3ccc([N+](=O)[O-])cc3)[C@H](c3ccccc3)C2)c(S(C)(=O)=O)s1. The minimum Gasteiger partial charge on any atom is -0.258 e. The van der Waals surface area contributed by atoms with Gasteiger partial charge in [-0.1, -0.05) is 30.3 Å². The van der Waals surface area contributed by atoms with Gasteiger partial charge in [0.2, 0.25) is 0 Å². The second-order valence-electron chi connectivity index (χ2n) is 7.13. The fraction of sp³-hybridized carbons (Fsp3) is 0.190. The molecular weight excluding hydrogens is 422 g/mol. The number of benzene rings is 2. The molecule has 0 bridgehead atoms. The van der Waals surface area contributed by atoms with Crippen LogP contribution in [0.4, 0.5) is 11.4 Å². The van der Waals surface area contributed by atoms with Gasteiger partial charge in [0.15, 0.2) is 9.84 Å². The van der Waals surface area contributed by atoms with Crippen molar-refractivity contribution in [3.8, 4) is 0 Å². The van der Waals surface area contributed by atoms with E-state index >= 15 is 0 Å². The third-order valence-corrected chi connectivity index (χ3v) is 7.79. The lowest BCUT2D eigenvalue weighted by molar-refractivity contribution is -0.384. The zero-order chi connectivity index (χ0) is 21.5. The third kappa shape index (κ3) is 3.86. The van der Waals surface area contributed by atoms with E-state index in [9.17, 15) is 18.5 Å². The van der Waals surface area contributed by atoms with Gasteiger partial charge in [0.05, 0.1) is 22.4 Å². The molecule has 9 heteroatoms. The van der Waals surface area contributed by atoms with Crippen LogP contribution in [0.5, 0.6) is 0 Å². The first-order valence-electron chi connectivity index (χ1n) is 9.21. The molecule has 0 amide bonds. The monoisotopic (exact) mass is 441 g/mol. The number of sulfone groups is 1. The van der Waals surface area contributed by atoms with E-state index in [1.165, 1.54) is 29.7 Å². The Hall–Kier alpha value is -3.04. The molecule has 2 heterocycles. The summed E-state index contributed by atoms with van der Waals surface area (Å²) in [6.45, 7) is 1.88. The van der Waals surface area contributed by atoms with Crippen LogP contribution in [0.15, 0.2) is 70.0 Å². The number of hydrogen-bond acceptors (Lipinski definition) is 7. The van der Waals surface area contributed by atoms with E-state index in [1.54, 1.807) is 12.1 Å². The Kier molecular flexibility index (Phi) is 5.17. The van der Waals surface area contributed by atoms with Crippen molar-refractivity contribution in [1.29, 1.82) is 0 Å². The summed E-state index contributed by atoms with van der Waals surface area (Å²) >= 11 is 1.25. The molecule has 1 aliphatic rings. The van der Waals surface area contributed by atoms with Gasteiger partial charge in [-0.25, -0.2) is 8.42 Å². The summed E-state index contributed by atoms with van der Waals surface area (Å²) in [7, 11) is -3.39. The number of thiophene rings is 1. The molecule has 0 radical (unpaired) electrons. The number of nitrogens with zero attached hydrogens (tertiary/aromatic N) is 3. The number of rotatable bonds is 5. The van der Waals surface area contributed by atoms with Gasteiger partial charge in [0.25, 0.3) is 5.69 Å². The summed E-state index contributed by atoms with van der Waals surface area (Å²) in [5, 5.41) is 17.6. The summed E-state index contributed by atoms with van der Waals surface area (Å²) in [4.78, 5) is 11.5. The van der Waals surface area contributed by atoms with Crippen molar-refractivity contribution in [3.63, 3.8) is 0 Å². The number of nitro groups is 1. The fourth-order valence-electron chi connectivity index (χ4n) is 3.54. The number of anilines is 1. The molecule has 0 unspecified atom stereocenters. The van der Waals surface area contributed by atoms with Crippen molar-refractivity contribution in [2.45, 2.75) is 23.6 Å². The molecule has 0 aliphatic carbocycles. The van der Waals surface area contributed by atoms with Crippen LogP contribution < -0.4 is 5.01 Å². The highest BCUT2D eigenvalue weighted by atomic mass is 32.2. The Labute approximate surface area is 178 Å². The molecule has 154 valence electrons. The summed E-state index contributed by atoms with van der Waals surface area (Å²) in [5.41, 5.74) is 3.06. The molecule has 0 saturated carbocycles. The van der Waals surface area contributed by atoms with Crippen molar-refractivity contribution in [3.05, 3.63) is 86.8 Å². The van der Waals surface area contributed by atoms with Crippen LogP contribution in [0, 0.1) is 17.0 Å².